The van der Waals surface area contributed by atoms with Gasteiger partial charge in [0.05, 0.1) is 23.1 Å². The number of aromatic nitrogens is 3. The Kier molecular flexibility index (Phi) is 4.23. The summed E-state index contributed by atoms with van der Waals surface area (Å²) in [5.41, 5.74) is 7.90. The largest absolute Gasteiger partial charge is 0.397 e. The molecule has 6 heteroatoms. The molecule has 0 radical (unpaired) electrons. The molecule has 2 aromatic heterocycles. The molecule has 1 amide bonds. The smallest absolute Gasteiger partial charge is 0.257 e. The fourth-order valence-corrected chi connectivity index (χ4v) is 2.55. The molecule has 2 heterocycles. The first kappa shape index (κ1) is 15.0. The van der Waals surface area contributed by atoms with Gasteiger partial charge in [0, 0.05) is 44.1 Å². The molecule has 0 atom stereocenters. The zero-order valence-corrected chi connectivity index (χ0v) is 13.0. The monoisotopic (exact) mass is 309 g/mol. The third kappa shape index (κ3) is 3.15. The number of benzene rings is 1. The van der Waals surface area contributed by atoms with Gasteiger partial charge in [0.25, 0.3) is 5.91 Å². The van der Waals surface area contributed by atoms with Crippen LogP contribution in [-0.4, -0.2) is 38.9 Å². The molecule has 0 unspecified atom stereocenters. The van der Waals surface area contributed by atoms with Crippen molar-refractivity contribution in [2.45, 2.75) is 13.0 Å². The first-order valence-electron chi connectivity index (χ1n) is 7.51. The van der Waals surface area contributed by atoms with Crippen molar-refractivity contribution in [3.05, 3.63) is 54.7 Å². The Hall–Kier alpha value is -2.89. The van der Waals surface area contributed by atoms with Crippen molar-refractivity contribution >= 4 is 22.5 Å². The normalized spacial score (nSPS) is 10.8. The van der Waals surface area contributed by atoms with Crippen LogP contribution in [0.3, 0.4) is 0 Å². The lowest BCUT2D eigenvalue weighted by Gasteiger charge is -2.18. The fraction of sp³-hybridized carbons (Fsp3) is 0.235. The number of hydrogen-bond donors (Lipinski definition) is 1. The number of pyridine rings is 1. The first-order valence-corrected chi connectivity index (χ1v) is 7.51. The minimum atomic E-state index is -0.105. The summed E-state index contributed by atoms with van der Waals surface area (Å²) in [4.78, 5) is 22.6. The number of fused-ring (bicyclic) bond motifs is 1. The van der Waals surface area contributed by atoms with Crippen LogP contribution in [0.2, 0.25) is 0 Å². The van der Waals surface area contributed by atoms with E-state index >= 15 is 0 Å². The van der Waals surface area contributed by atoms with Gasteiger partial charge in [0.15, 0.2) is 0 Å². The number of nitrogen functional groups attached to an aromatic ring is 1. The van der Waals surface area contributed by atoms with E-state index in [-0.39, 0.29) is 5.91 Å². The Morgan fingerprint density at radius 3 is 2.96 bits per heavy atom. The second-order valence-electron chi connectivity index (χ2n) is 5.48. The van der Waals surface area contributed by atoms with Gasteiger partial charge in [-0.25, -0.2) is 4.98 Å². The highest BCUT2D eigenvalue weighted by molar-refractivity contribution is 6.06. The van der Waals surface area contributed by atoms with Crippen LogP contribution < -0.4 is 5.73 Å². The van der Waals surface area contributed by atoms with Crippen LogP contribution in [0.5, 0.6) is 0 Å². The summed E-state index contributed by atoms with van der Waals surface area (Å²) in [6.45, 7) is 1.46. The average molecular weight is 309 g/mol. The number of aryl methyl sites for hydroxylation is 1. The molecule has 3 aromatic rings. The topological polar surface area (TPSA) is 77.0 Å². The molecule has 0 aliphatic rings. The van der Waals surface area contributed by atoms with E-state index in [0.29, 0.717) is 17.8 Å². The Morgan fingerprint density at radius 1 is 1.35 bits per heavy atom. The molecule has 0 aliphatic heterocycles. The molecule has 3 rings (SSSR count). The number of carbonyl (C=O) groups is 1. The van der Waals surface area contributed by atoms with Crippen LogP contribution in [0.1, 0.15) is 16.8 Å². The third-order valence-electron chi connectivity index (χ3n) is 3.86. The summed E-state index contributed by atoms with van der Waals surface area (Å²) >= 11 is 0. The summed E-state index contributed by atoms with van der Waals surface area (Å²) < 4.78 is 1.99. The van der Waals surface area contributed by atoms with Crippen molar-refractivity contribution < 1.29 is 4.79 Å². The lowest BCUT2D eigenvalue weighted by atomic mass is 10.1. The molecule has 0 spiro atoms. The van der Waals surface area contributed by atoms with Crippen LogP contribution in [0.25, 0.3) is 10.9 Å². The Bertz CT molecular complexity index is 813. The van der Waals surface area contributed by atoms with Crippen molar-refractivity contribution in [3.63, 3.8) is 0 Å². The maximum atomic E-state index is 12.6. The molecule has 6 nitrogen and oxygen atoms in total. The van der Waals surface area contributed by atoms with E-state index in [4.69, 9.17) is 5.73 Å². The molecule has 0 bridgehead atoms. The predicted octanol–water partition coefficient (Wildman–Crippen LogP) is 2.18. The van der Waals surface area contributed by atoms with Crippen LogP contribution >= 0.6 is 0 Å². The van der Waals surface area contributed by atoms with Gasteiger partial charge in [-0.1, -0.05) is 18.2 Å². The van der Waals surface area contributed by atoms with Gasteiger partial charge in [0.1, 0.15) is 0 Å². The van der Waals surface area contributed by atoms with E-state index in [1.54, 1.807) is 30.7 Å². The van der Waals surface area contributed by atoms with Gasteiger partial charge in [0.2, 0.25) is 0 Å². The van der Waals surface area contributed by atoms with E-state index in [1.807, 2.05) is 35.0 Å². The van der Waals surface area contributed by atoms with Gasteiger partial charge in [-0.2, -0.15) is 0 Å². The second kappa shape index (κ2) is 6.48. The van der Waals surface area contributed by atoms with Gasteiger partial charge >= 0.3 is 0 Å². The molecule has 0 saturated carbocycles. The summed E-state index contributed by atoms with van der Waals surface area (Å²) in [6.07, 6.45) is 7.84. The molecule has 0 aliphatic carbocycles. The average Bonchev–Trinajstić information content (AvgIpc) is 3.08. The molecule has 0 fully saturated rings. The minimum Gasteiger partial charge on any atom is -0.397 e. The number of imidazole rings is 1. The molecule has 118 valence electrons. The molecule has 1 aromatic carbocycles. The maximum Gasteiger partial charge on any atom is 0.257 e. The van der Waals surface area contributed by atoms with Crippen LogP contribution in [-0.2, 0) is 6.54 Å². The third-order valence-corrected chi connectivity index (χ3v) is 3.86. The highest BCUT2D eigenvalue weighted by Crippen LogP contribution is 2.23. The minimum absolute atomic E-state index is 0.105. The quantitative estimate of drug-likeness (QED) is 0.783. The van der Waals surface area contributed by atoms with Crippen molar-refractivity contribution in [3.8, 4) is 0 Å². The van der Waals surface area contributed by atoms with Gasteiger partial charge < -0.3 is 15.2 Å². The number of nitrogens with zero attached hydrogens (tertiary/aromatic N) is 4. The number of carbonyl (C=O) groups excluding carboxylic acids is 1. The van der Waals surface area contributed by atoms with Gasteiger partial charge in [-0.3, -0.25) is 9.78 Å². The number of amides is 1. The molecule has 0 saturated heterocycles. The SMILES string of the molecule is CN(CCCn1ccnc1)C(=O)c1cnc2ccccc2c1N. The van der Waals surface area contributed by atoms with Crippen molar-refractivity contribution in [2.24, 2.45) is 0 Å². The van der Waals surface area contributed by atoms with E-state index in [2.05, 4.69) is 9.97 Å². The van der Waals surface area contributed by atoms with E-state index in [1.165, 1.54) is 0 Å². The highest BCUT2D eigenvalue weighted by Gasteiger charge is 2.16. The Labute approximate surface area is 134 Å². The Morgan fingerprint density at radius 2 is 2.17 bits per heavy atom. The van der Waals surface area contributed by atoms with E-state index < -0.39 is 0 Å². The fourth-order valence-electron chi connectivity index (χ4n) is 2.55. The number of nitrogens with two attached hydrogens (primary N) is 1. The van der Waals surface area contributed by atoms with E-state index in [0.717, 1.165) is 23.9 Å². The molecule has 2 N–H and O–H groups in total. The van der Waals surface area contributed by atoms with Crippen LogP contribution in [0.4, 0.5) is 5.69 Å². The maximum absolute atomic E-state index is 12.6. The van der Waals surface area contributed by atoms with Gasteiger partial charge in [-0.05, 0) is 12.5 Å². The van der Waals surface area contributed by atoms with Crippen molar-refractivity contribution in [2.75, 3.05) is 19.3 Å². The molecular formula is C17H19N5O. The lowest BCUT2D eigenvalue weighted by Crippen LogP contribution is -2.29. The standard InChI is InChI=1S/C17H19N5O/c1-21(8-4-9-22-10-7-19-12-22)17(23)14-11-20-15-6-3-2-5-13(15)16(14)18/h2-3,5-7,10-12H,4,8-9H2,1H3,(H2,18,20). The summed E-state index contributed by atoms with van der Waals surface area (Å²) in [5, 5.41) is 0.810. The first-order chi connectivity index (χ1) is 11.2. The van der Waals surface area contributed by atoms with Crippen LogP contribution in [0.15, 0.2) is 49.2 Å². The van der Waals surface area contributed by atoms with Crippen LogP contribution in [0, 0.1) is 0 Å². The number of hydrogen-bond acceptors (Lipinski definition) is 4. The zero-order valence-electron chi connectivity index (χ0n) is 13.0. The summed E-state index contributed by atoms with van der Waals surface area (Å²) in [5.74, 6) is -0.105. The number of rotatable bonds is 5. The van der Waals surface area contributed by atoms with E-state index in [9.17, 15) is 4.79 Å². The second-order valence-corrected chi connectivity index (χ2v) is 5.48. The predicted molar refractivity (Wildman–Crippen MR) is 90.0 cm³/mol. The summed E-state index contributed by atoms with van der Waals surface area (Å²) in [6, 6.07) is 7.56. The highest BCUT2D eigenvalue weighted by atomic mass is 16.2. The number of para-hydroxylation sites is 1. The number of anilines is 1. The van der Waals surface area contributed by atoms with Gasteiger partial charge in [-0.15, -0.1) is 0 Å². The zero-order chi connectivity index (χ0) is 16.2. The summed E-state index contributed by atoms with van der Waals surface area (Å²) in [7, 11) is 1.78. The molecular weight excluding hydrogens is 290 g/mol. The van der Waals surface area contributed by atoms with Crippen molar-refractivity contribution in [1.29, 1.82) is 0 Å². The molecule has 23 heavy (non-hydrogen) atoms. The van der Waals surface area contributed by atoms with Crippen molar-refractivity contribution in [1.82, 2.24) is 19.4 Å². The Balaban J connectivity index is 1.70. The lowest BCUT2D eigenvalue weighted by molar-refractivity contribution is 0.0792.